The molecule has 1 aromatic rings. The lowest BCUT2D eigenvalue weighted by atomic mass is 10.1. The van der Waals surface area contributed by atoms with E-state index < -0.39 is 12.1 Å². The van der Waals surface area contributed by atoms with E-state index in [4.69, 9.17) is 14.6 Å². The van der Waals surface area contributed by atoms with Crippen LogP contribution in [0.25, 0.3) is 0 Å². The molecule has 0 aromatic heterocycles. The molecular formula is C14H18O5. The molecule has 0 saturated carbocycles. The molecule has 0 fully saturated rings. The predicted octanol–water partition coefficient (Wildman–Crippen LogP) is 2.53. The maximum atomic E-state index is 11.1. The molecule has 0 amide bonds. The van der Waals surface area contributed by atoms with Gasteiger partial charge in [-0.25, -0.2) is 4.79 Å². The Morgan fingerprint density at radius 1 is 1.42 bits per heavy atom. The quantitative estimate of drug-likeness (QED) is 0.732. The van der Waals surface area contributed by atoms with E-state index in [1.807, 2.05) is 6.92 Å². The summed E-state index contributed by atoms with van der Waals surface area (Å²) in [4.78, 5) is 22.1. The zero-order valence-electron chi connectivity index (χ0n) is 11.1. The fourth-order valence-corrected chi connectivity index (χ4v) is 1.66. The number of carboxylic acid groups (broad SMARTS) is 1. The van der Waals surface area contributed by atoms with Gasteiger partial charge in [0.15, 0.2) is 23.9 Å². The number of para-hydroxylation sites is 1. The summed E-state index contributed by atoms with van der Waals surface area (Å²) in [6.07, 6.45) is 0.686. The van der Waals surface area contributed by atoms with E-state index in [0.29, 0.717) is 31.5 Å². The molecular weight excluding hydrogens is 248 g/mol. The first-order valence-electron chi connectivity index (χ1n) is 6.24. The smallest absolute Gasteiger partial charge is 0.344 e. The Hall–Kier alpha value is -2.04. The van der Waals surface area contributed by atoms with E-state index >= 15 is 0 Å². The zero-order valence-corrected chi connectivity index (χ0v) is 11.1. The number of hydrogen-bond acceptors (Lipinski definition) is 4. The summed E-state index contributed by atoms with van der Waals surface area (Å²) in [7, 11) is 0. The normalized spacial score (nSPS) is 11.7. The highest BCUT2D eigenvalue weighted by Crippen LogP contribution is 2.31. The van der Waals surface area contributed by atoms with Crippen molar-refractivity contribution in [3.8, 4) is 11.5 Å². The van der Waals surface area contributed by atoms with Crippen molar-refractivity contribution in [2.75, 3.05) is 6.61 Å². The summed E-state index contributed by atoms with van der Waals surface area (Å²) in [6.45, 7) is 4.08. The Morgan fingerprint density at radius 2 is 2.16 bits per heavy atom. The van der Waals surface area contributed by atoms with E-state index in [-0.39, 0.29) is 11.3 Å². The Bertz CT molecular complexity index is 441. The van der Waals surface area contributed by atoms with Crippen molar-refractivity contribution in [1.82, 2.24) is 0 Å². The summed E-state index contributed by atoms with van der Waals surface area (Å²) in [5, 5.41) is 9.10. The van der Waals surface area contributed by atoms with Crippen LogP contribution in [0.5, 0.6) is 11.5 Å². The van der Waals surface area contributed by atoms with Gasteiger partial charge < -0.3 is 14.6 Å². The molecule has 0 spiro atoms. The van der Waals surface area contributed by atoms with Crippen molar-refractivity contribution in [2.45, 2.75) is 32.8 Å². The molecule has 104 valence electrons. The lowest BCUT2D eigenvalue weighted by Crippen LogP contribution is -2.27. The molecule has 0 heterocycles. The molecule has 1 unspecified atom stereocenters. The molecule has 19 heavy (non-hydrogen) atoms. The third-order valence-electron chi connectivity index (χ3n) is 2.52. The maximum absolute atomic E-state index is 11.1. The lowest BCUT2D eigenvalue weighted by molar-refractivity contribution is -0.145. The fraction of sp³-hybridized carbons (Fsp3) is 0.429. The summed E-state index contributed by atoms with van der Waals surface area (Å²) >= 11 is 0. The van der Waals surface area contributed by atoms with E-state index in [2.05, 4.69) is 0 Å². The topological polar surface area (TPSA) is 72.8 Å². The minimum absolute atomic E-state index is 0.195. The number of carbonyl (C=O) groups excluding carboxylic acids is 1. The predicted molar refractivity (Wildman–Crippen MR) is 70.0 cm³/mol. The molecule has 1 rings (SSSR count). The van der Waals surface area contributed by atoms with Gasteiger partial charge in [-0.15, -0.1) is 0 Å². The monoisotopic (exact) mass is 266 g/mol. The van der Waals surface area contributed by atoms with Crippen LogP contribution in [0.4, 0.5) is 0 Å². The van der Waals surface area contributed by atoms with Crippen molar-refractivity contribution < 1.29 is 24.2 Å². The van der Waals surface area contributed by atoms with Gasteiger partial charge in [0.05, 0.1) is 12.2 Å². The maximum Gasteiger partial charge on any atom is 0.344 e. The summed E-state index contributed by atoms with van der Waals surface area (Å²) in [5.74, 6) is -0.473. The van der Waals surface area contributed by atoms with Gasteiger partial charge in [0.25, 0.3) is 0 Å². The van der Waals surface area contributed by atoms with Crippen molar-refractivity contribution in [1.29, 1.82) is 0 Å². The van der Waals surface area contributed by atoms with Crippen LogP contribution >= 0.6 is 0 Å². The third kappa shape index (κ3) is 3.98. The summed E-state index contributed by atoms with van der Waals surface area (Å²) in [6, 6.07) is 4.88. The van der Waals surface area contributed by atoms with Gasteiger partial charge >= 0.3 is 5.97 Å². The molecule has 1 N–H and O–H groups in total. The SMILES string of the molecule is CCCC(Oc1c(C=O)cccc1OCC)C(=O)O. The molecule has 0 aliphatic heterocycles. The Morgan fingerprint density at radius 3 is 2.68 bits per heavy atom. The first kappa shape index (κ1) is 15.0. The van der Waals surface area contributed by atoms with Crippen LogP contribution in [-0.2, 0) is 4.79 Å². The van der Waals surface area contributed by atoms with E-state index in [1.165, 1.54) is 0 Å². The van der Waals surface area contributed by atoms with Gasteiger partial charge in [0, 0.05) is 0 Å². The minimum Gasteiger partial charge on any atom is -0.490 e. The molecule has 0 aliphatic rings. The van der Waals surface area contributed by atoms with Crippen LogP contribution in [0, 0.1) is 0 Å². The second kappa shape index (κ2) is 7.41. The molecule has 0 radical (unpaired) electrons. The number of benzene rings is 1. The summed E-state index contributed by atoms with van der Waals surface area (Å²) < 4.78 is 10.8. The van der Waals surface area contributed by atoms with Crippen LogP contribution in [0.15, 0.2) is 18.2 Å². The first-order valence-corrected chi connectivity index (χ1v) is 6.24. The van der Waals surface area contributed by atoms with Gasteiger partial charge in [0.1, 0.15) is 0 Å². The fourth-order valence-electron chi connectivity index (χ4n) is 1.66. The molecule has 0 aliphatic carbocycles. The van der Waals surface area contributed by atoms with Gasteiger partial charge in [-0.3, -0.25) is 4.79 Å². The average molecular weight is 266 g/mol. The van der Waals surface area contributed by atoms with Gasteiger partial charge in [0.2, 0.25) is 0 Å². The molecule has 5 heteroatoms. The van der Waals surface area contributed by atoms with E-state index in [1.54, 1.807) is 25.1 Å². The number of hydrogen-bond donors (Lipinski definition) is 1. The number of ether oxygens (including phenoxy) is 2. The highest BCUT2D eigenvalue weighted by atomic mass is 16.5. The molecule has 1 aromatic carbocycles. The minimum atomic E-state index is -1.05. The van der Waals surface area contributed by atoms with Crippen LogP contribution in [0.2, 0.25) is 0 Å². The molecule has 5 nitrogen and oxygen atoms in total. The zero-order chi connectivity index (χ0) is 14.3. The Kier molecular flexibility index (Phi) is 5.85. The van der Waals surface area contributed by atoms with E-state index in [9.17, 15) is 9.59 Å². The van der Waals surface area contributed by atoms with Crippen molar-refractivity contribution in [2.24, 2.45) is 0 Å². The van der Waals surface area contributed by atoms with Crippen LogP contribution in [-0.4, -0.2) is 30.1 Å². The standard InChI is InChI=1S/C14H18O5/c1-3-6-12(14(16)17)19-13-10(9-15)7-5-8-11(13)18-4-2/h5,7-9,12H,3-4,6H2,1-2H3,(H,16,17). The Balaban J connectivity index is 3.08. The number of carbonyl (C=O) groups is 2. The third-order valence-corrected chi connectivity index (χ3v) is 2.52. The lowest BCUT2D eigenvalue weighted by Gasteiger charge is -2.18. The number of aldehydes is 1. The van der Waals surface area contributed by atoms with Gasteiger partial charge in [-0.05, 0) is 25.5 Å². The van der Waals surface area contributed by atoms with Gasteiger partial charge in [-0.1, -0.05) is 19.4 Å². The van der Waals surface area contributed by atoms with Crippen molar-refractivity contribution >= 4 is 12.3 Å². The average Bonchev–Trinajstić information content (AvgIpc) is 2.39. The highest BCUT2D eigenvalue weighted by molar-refractivity contribution is 5.82. The Labute approximate surface area is 112 Å². The first-order chi connectivity index (χ1) is 9.13. The van der Waals surface area contributed by atoms with Crippen molar-refractivity contribution in [3.63, 3.8) is 0 Å². The van der Waals surface area contributed by atoms with Crippen molar-refractivity contribution in [3.05, 3.63) is 23.8 Å². The largest absolute Gasteiger partial charge is 0.490 e. The second-order valence-corrected chi connectivity index (χ2v) is 3.96. The number of rotatable bonds is 8. The summed E-state index contributed by atoms with van der Waals surface area (Å²) in [5.41, 5.74) is 0.285. The highest BCUT2D eigenvalue weighted by Gasteiger charge is 2.22. The van der Waals surface area contributed by atoms with Crippen LogP contribution in [0.1, 0.15) is 37.0 Å². The van der Waals surface area contributed by atoms with Crippen LogP contribution in [0.3, 0.4) is 0 Å². The van der Waals surface area contributed by atoms with E-state index in [0.717, 1.165) is 0 Å². The molecule has 0 bridgehead atoms. The molecule has 1 atom stereocenters. The van der Waals surface area contributed by atoms with Gasteiger partial charge in [-0.2, -0.15) is 0 Å². The molecule has 0 saturated heterocycles. The second-order valence-electron chi connectivity index (χ2n) is 3.96. The number of aliphatic carboxylic acids is 1. The number of carboxylic acids is 1. The van der Waals surface area contributed by atoms with Crippen LogP contribution < -0.4 is 9.47 Å².